The Balaban J connectivity index is 1.42. The lowest BCUT2D eigenvalue weighted by Crippen LogP contribution is -2.11. The van der Waals surface area contributed by atoms with Crippen molar-refractivity contribution in [3.05, 3.63) is 93.1 Å². The second-order valence-corrected chi connectivity index (χ2v) is 9.09. The smallest absolute Gasteiger partial charge is 0.291 e. The van der Waals surface area contributed by atoms with Crippen LogP contribution in [0.25, 0.3) is 33.9 Å². The van der Waals surface area contributed by atoms with Crippen molar-refractivity contribution >= 4 is 50.2 Å². The quantitative estimate of drug-likeness (QED) is 0.260. The number of carbonyl (C=O) groups excluding carboxylic acids is 1. The molecule has 0 aliphatic heterocycles. The fourth-order valence-electron chi connectivity index (χ4n) is 3.67. The first-order valence-corrected chi connectivity index (χ1v) is 11.4. The van der Waals surface area contributed by atoms with Crippen molar-refractivity contribution in [2.45, 2.75) is 13.8 Å². The predicted octanol–water partition coefficient (Wildman–Crippen LogP) is 8.04. The van der Waals surface area contributed by atoms with E-state index in [1.807, 2.05) is 50.2 Å². The zero-order valence-corrected chi connectivity index (χ0v) is 20.1. The lowest BCUT2D eigenvalue weighted by Gasteiger charge is -2.07. The highest BCUT2D eigenvalue weighted by atomic mass is 79.9. The first kappa shape index (κ1) is 21.5. The summed E-state index contributed by atoms with van der Waals surface area (Å²) in [7, 11) is 0. The van der Waals surface area contributed by atoms with Gasteiger partial charge in [0.25, 0.3) is 5.91 Å². The number of nitrogens with one attached hydrogen (secondary N) is 1. The summed E-state index contributed by atoms with van der Waals surface area (Å²) in [5.41, 5.74) is 5.69. The minimum atomic E-state index is -0.401. The van der Waals surface area contributed by atoms with Gasteiger partial charge in [0.2, 0.25) is 5.89 Å². The number of amides is 1. The Morgan fingerprint density at radius 3 is 2.48 bits per heavy atom. The number of halogens is 2. The van der Waals surface area contributed by atoms with E-state index < -0.39 is 5.91 Å². The summed E-state index contributed by atoms with van der Waals surface area (Å²) >= 11 is 9.77. The fraction of sp³-hybridized carbons (Fsp3) is 0.0769. The summed E-state index contributed by atoms with van der Waals surface area (Å²) in [6.07, 6.45) is 0. The molecule has 0 saturated heterocycles. The average Bonchev–Trinajstić information content (AvgIpc) is 3.44. The van der Waals surface area contributed by atoms with Gasteiger partial charge in [0.1, 0.15) is 11.3 Å². The number of hydrogen-bond donors (Lipinski definition) is 1. The highest BCUT2D eigenvalue weighted by Gasteiger charge is 2.17. The van der Waals surface area contributed by atoms with Crippen molar-refractivity contribution in [2.75, 3.05) is 5.32 Å². The highest BCUT2D eigenvalue weighted by molar-refractivity contribution is 9.10. The summed E-state index contributed by atoms with van der Waals surface area (Å²) < 4.78 is 12.7. The van der Waals surface area contributed by atoms with E-state index in [9.17, 15) is 4.79 Å². The van der Waals surface area contributed by atoms with Gasteiger partial charge in [-0.2, -0.15) is 0 Å². The Bertz CT molecular complexity index is 1500. The summed E-state index contributed by atoms with van der Waals surface area (Å²) in [6.45, 7) is 4.01. The maximum absolute atomic E-state index is 12.8. The van der Waals surface area contributed by atoms with Gasteiger partial charge in [0.05, 0.1) is 10.7 Å². The molecule has 164 valence electrons. The number of furan rings is 1. The molecule has 5 aromatic rings. The van der Waals surface area contributed by atoms with Crippen LogP contribution < -0.4 is 5.32 Å². The molecule has 5 rings (SSSR count). The van der Waals surface area contributed by atoms with Crippen LogP contribution in [0.3, 0.4) is 0 Å². The van der Waals surface area contributed by atoms with E-state index >= 15 is 0 Å². The Labute approximate surface area is 203 Å². The van der Waals surface area contributed by atoms with Gasteiger partial charge in [-0.25, -0.2) is 4.98 Å². The number of aromatic nitrogens is 1. The van der Waals surface area contributed by atoms with Gasteiger partial charge < -0.3 is 14.2 Å². The minimum Gasteiger partial charge on any atom is -0.451 e. The molecule has 0 atom stereocenters. The second kappa shape index (κ2) is 8.54. The molecule has 2 aromatic heterocycles. The van der Waals surface area contributed by atoms with Crippen LogP contribution in [-0.2, 0) is 0 Å². The molecule has 33 heavy (non-hydrogen) atoms. The molecule has 1 N–H and O–H groups in total. The van der Waals surface area contributed by atoms with Crippen LogP contribution in [0, 0.1) is 13.8 Å². The molecular weight excluding hydrogens is 504 g/mol. The van der Waals surface area contributed by atoms with Crippen LogP contribution in [0.4, 0.5) is 5.69 Å². The Morgan fingerprint density at radius 2 is 1.70 bits per heavy atom. The number of benzene rings is 3. The van der Waals surface area contributed by atoms with Gasteiger partial charge in [-0.3, -0.25) is 4.79 Å². The van der Waals surface area contributed by atoms with Gasteiger partial charge >= 0.3 is 0 Å². The Kier molecular flexibility index (Phi) is 5.56. The van der Waals surface area contributed by atoms with E-state index in [-0.39, 0.29) is 5.76 Å². The number of fused-ring (bicyclic) bond motifs is 1. The molecular formula is C26H18BrClN2O3. The number of nitrogens with zero attached hydrogens (tertiary/aromatic N) is 1. The van der Waals surface area contributed by atoms with Crippen LogP contribution in [0.1, 0.15) is 21.7 Å². The van der Waals surface area contributed by atoms with Crippen molar-refractivity contribution in [3.8, 4) is 22.8 Å². The van der Waals surface area contributed by atoms with Crippen molar-refractivity contribution < 1.29 is 13.6 Å². The Morgan fingerprint density at radius 1 is 0.939 bits per heavy atom. The van der Waals surface area contributed by atoms with E-state index in [2.05, 4.69) is 32.3 Å². The van der Waals surface area contributed by atoms with Gasteiger partial charge in [-0.15, -0.1) is 0 Å². The SMILES string of the molecule is Cc1cc(C)c2oc(-c3ccc(Cl)c(NC(=O)c4ccc(-c5ccc(Br)cc5)o4)c3)nc2c1. The lowest BCUT2D eigenvalue weighted by molar-refractivity contribution is 0.0997. The van der Waals surface area contributed by atoms with E-state index in [4.69, 9.17) is 20.4 Å². The summed E-state index contributed by atoms with van der Waals surface area (Å²) in [4.78, 5) is 17.4. The second-order valence-electron chi connectivity index (χ2n) is 7.77. The molecule has 0 bridgehead atoms. The molecule has 0 aliphatic rings. The molecule has 0 saturated carbocycles. The molecule has 5 nitrogen and oxygen atoms in total. The molecule has 0 radical (unpaired) electrons. The van der Waals surface area contributed by atoms with Gasteiger partial charge in [0.15, 0.2) is 11.3 Å². The number of carbonyl (C=O) groups is 1. The van der Waals surface area contributed by atoms with Crippen molar-refractivity contribution in [3.63, 3.8) is 0 Å². The fourth-order valence-corrected chi connectivity index (χ4v) is 4.10. The van der Waals surface area contributed by atoms with E-state index in [0.717, 1.165) is 32.3 Å². The first-order valence-electron chi connectivity index (χ1n) is 10.2. The first-order chi connectivity index (χ1) is 15.9. The average molecular weight is 522 g/mol. The highest BCUT2D eigenvalue weighted by Crippen LogP contribution is 2.32. The third-order valence-corrected chi connectivity index (χ3v) is 6.10. The third-order valence-electron chi connectivity index (χ3n) is 5.24. The summed E-state index contributed by atoms with van der Waals surface area (Å²) in [5.74, 6) is 0.842. The third kappa shape index (κ3) is 4.32. The number of hydrogen-bond acceptors (Lipinski definition) is 4. The van der Waals surface area contributed by atoms with E-state index in [0.29, 0.717) is 27.9 Å². The summed E-state index contributed by atoms with van der Waals surface area (Å²) in [5, 5.41) is 3.22. The van der Waals surface area contributed by atoms with Crippen LogP contribution in [0.5, 0.6) is 0 Å². The van der Waals surface area contributed by atoms with Crippen molar-refractivity contribution in [1.82, 2.24) is 4.98 Å². The van der Waals surface area contributed by atoms with Crippen LogP contribution in [0.2, 0.25) is 5.02 Å². The molecule has 1 amide bonds. The van der Waals surface area contributed by atoms with E-state index in [1.54, 1.807) is 24.3 Å². The molecule has 7 heteroatoms. The largest absolute Gasteiger partial charge is 0.451 e. The molecule has 3 aromatic carbocycles. The van der Waals surface area contributed by atoms with Gasteiger partial charge in [-0.1, -0.05) is 45.7 Å². The number of aryl methyl sites for hydroxylation is 2. The molecule has 2 heterocycles. The number of rotatable bonds is 4. The summed E-state index contributed by atoms with van der Waals surface area (Å²) in [6, 6.07) is 20.3. The van der Waals surface area contributed by atoms with Crippen molar-refractivity contribution in [1.29, 1.82) is 0 Å². The maximum atomic E-state index is 12.8. The van der Waals surface area contributed by atoms with Gasteiger partial charge in [0, 0.05) is 15.6 Å². The standard InChI is InChI=1S/C26H18BrClN2O3/c1-14-11-15(2)24-21(12-14)30-26(33-24)17-5-8-19(28)20(13-17)29-25(31)23-10-9-22(32-23)16-3-6-18(27)7-4-16/h3-13H,1-2H3,(H,29,31). The zero-order chi connectivity index (χ0) is 23.1. The normalized spacial score (nSPS) is 11.2. The predicted molar refractivity (Wildman–Crippen MR) is 134 cm³/mol. The zero-order valence-electron chi connectivity index (χ0n) is 17.8. The number of oxazole rings is 1. The van der Waals surface area contributed by atoms with Gasteiger partial charge in [-0.05, 0) is 73.5 Å². The van der Waals surface area contributed by atoms with Crippen LogP contribution in [-0.4, -0.2) is 10.9 Å². The number of anilines is 1. The van der Waals surface area contributed by atoms with E-state index in [1.165, 1.54) is 0 Å². The topological polar surface area (TPSA) is 68.3 Å². The molecule has 0 spiro atoms. The Hall–Kier alpha value is -3.35. The minimum absolute atomic E-state index is 0.183. The van der Waals surface area contributed by atoms with Crippen LogP contribution >= 0.6 is 27.5 Å². The van der Waals surface area contributed by atoms with Crippen molar-refractivity contribution in [2.24, 2.45) is 0 Å². The van der Waals surface area contributed by atoms with Crippen LogP contribution in [0.15, 0.2) is 80.0 Å². The molecule has 0 aliphatic carbocycles. The monoisotopic (exact) mass is 520 g/mol. The lowest BCUT2D eigenvalue weighted by atomic mass is 10.1. The molecule has 0 unspecified atom stereocenters. The maximum Gasteiger partial charge on any atom is 0.291 e. The molecule has 0 fully saturated rings.